The van der Waals surface area contributed by atoms with Crippen molar-refractivity contribution < 1.29 is 4.79 Å². The van der Waals surface area contributed by atoms with Crippen LogP contribution in [-0.2, 0) is 4.79 Å². The van der Waals surface area contributed by atoms with Gasteiger partial charge in [0.2, 0.25) is 5.91 Å². The molecule has 0 radical (unpaired) electrons. The summed E-state index contributed by atoms with van der Waals surface area (Å²) >= 11 is 0. The molecule has 0 spiro atoms. The number of primary amides is 1. The molecule has 0 aromatic heterocycles. The molecule has 1 amide bonds. The van der Waals surface area contributed by atoms with Gasteiger partial charge in [-0.3, -0.25) is 4.79 Å². The average molecular weight is 216 g/mol. The molecule has 1 aliphatic carbocycles. The van der Waals surface area contributed by atoms with Crippen LogP contribution in [0.2, 0.25) is 0 Å². The van der Waals surface area contributed by atoms with Crippen molar-refractivity contribution in [1.29, 1.82) is 0 Å². The molecule has 1 aromatic rings. The lowest BCUT2D eigenvalue weighted by Gasteiger charge is -2.19. The highest BCUT2D eigenvalue weighted by atomic mass is 16.1. The molecule has 0 saturated heterocycles. The van der Waals surface area contributed by atoms with Gasteiger partial charge in [0.25, 0.3) is 0 Å². The van der Waals surface area contributed by atoms with Gasteiger partial charge in [-0.25, -0.2) is 0 Å². The van der Waals surface area contributed by atoms with E-state index >= 15 is 0 Å². The summed E-state index contributed by atoms with van der Waals surface area (Å²) in [5, 5.41) is 0. The van der Waals surface area contributed by atoms with E-state index in [2.05, 4.69) is 32.1 Å². The molecule has 1 fully saturated rings. The first kappa shape index (κ1) is 11.2. The van der Waals surface area contributed by atoms with E-state index in [4.69, 9.17) is 11.5 Å². The first-order chi connectivity index (χ1) is 7.51. The predicted octanol–water partition coefficient (Wildman–Crippen LogP) is -0.605. The summed E-state index contributed by atoms with van der Waals surface area (Å²) in [4.78, 5) is 11.3. The van der Waals surface area contributed by atoms with E-state index in [1.165, 1.54) is 11.0 Å². The SMILES string of the molecule is Bc1ccc([C@H]2CC[C@@](N)(C(N)=O)C2)cc1. The van der Waals surface area contributed by atoms with Gasteiger partial charge in [0.05, 0.1) is 5.54 Å². The van der Waals surface area contributed by atoms with Crippen molar-refractivity contribution in [3.63, 3.8) is 0 Å². The first-order valence-electron chi connectivity index (χ1n) is 5.67. The molecule has 1 saturated carbocycles. The van der Waals surface area contributed by atoms with E-state index in [0.717, 1.165) is 6.42 Å². The third-order valence-corrected chi connectivity index (χ3v) is 3.59. The fourth-order valence-electron chi connectivity index (χ4n) is 2.42. The number of carbonyl (C=O) groups excluding carboxylic acids is 1. The fourth-order valence-corrected chi connectivity index (χ4v) is 2.42. The average Bonchev–Trinajstić information content (AvgIpc) is 2.63. The van der Waals surface area contributed by atoms with E-state index in [1.807, 2.05) is 0 Å². The maximum Gasteiger partial charge on any atom is 0.237 e. The number of benzene rings is 1. The molecule has 3 nitrogen and oxygen atoms in total. The maximum atomic E-state index is 11.3. The quantitative estimate of drug-likeness (QED) is 0.648. The van der Waals surface area contributed by atoms with E-state index in [-0.39, 0.29) is 5.91 Å². The Hall–Kier alpha value is -1.29. The second-order valence-electron chi connectivity index (χ2n) is 4.87. The Labute approximate surface area is 96.6 Å². The van der Waals surface area contributed by atoms with Crippen LogP contribution in [0, 0.1) is 0 Å². The Morgan fingerprint density at radius 3 is 2.50 bits per heavy atom. The van der Waals surface area contributed by atoms with Crippen LogP contribution < -0.4 is 16.9 Å². The van der Waals surface area contributed by atoms with Crippen LogP contribution in [-0.4, -0.2) is 19.3 Å². The Bertz CT molecular complexity index is 404. The van der Waals surface area contributed by atoms with Crippen LogP contribution >= 0.6 is 0 Å². The molecule has 1 aliphatic rings. The van der Waals surface area contributed by atoms with Gasteiger partial charge in [-0.05, 0) is 30.7 Å². The van der Waals surface area contributed by atoms with Crippen molar-refractivity contribution in [2.75, 3.05) is 0 Å². The highest BCUT2D eigenvalue weighted by Gasteiger charge is 2.40. The van der Waals surface area contributed by atoms with Crippen molar-refractivity contribution in [3.05, 3.63) is 29.8 Å². The summed E-state index contributed by atoms with van der Waals surface area (Å²) in [5.74, 6) is 0.000196. The number of nitrogens with two attached hydrogens (primary N) is 2. The molecular formula is C12H17BN2O. The minimum absolute atomic E-state index is 0.373. The van der Waals surface area contributed by atoms with Crippen molar-refractivity contribution in [3.8, 4) is 0 Å². The van der Waals surface area contributed by atoms with Crippen LogP contribution in [0.4, 0.5) is 0 Å². The van der Waals surface area contributed by atoms with E-state index < -0.39 is 5.54 Å². The Kier molecular flexibility index (Phi) is 2.76. The van der Waals surface area contributed by atoms with E-state index in [0.29, 0.717) is 18.8 Å². The van der Waals surface area contributed by atoms with Crippen molar-refractivity contribution >= 4 is 19.2 Å². The van der Waals surface area contributed by atoms with Crippen molar-refractivity contribution in [1.82, 2.24) is 0 Å². The van der Waals surface area contributed by atoms with E-state index in [1.54, 1.807) is 0 Å². The molecule has 0 bridgehead atoms. The molecule has 2 atom stereocenters. The lowest BCUT2D eigenvalue weighted by atomic mass is 9.89. The number of rotatable bonds is 2. The molecular weight excluding hydrogens is 199 g/mol. The van der Waals surface area contributed by atoms with Crippen LogP contribution in [0.25, 0.3) is 0 Å². The summed E-state index contributed by atoms with van der Waals surface area (Å²) in [6.07, 6.45) is 2.31. The van der Waals surface area contributed by atoms with Gasteiger partial charge < -0.3 is 11.5 Å². The lowest BCUT2D eigenvalue weighted by Crippen LogP contribution is -2.49. The minimum atomic E-state index is -0.796. The molecule has 0 unspecified atom stereocenters. The van der Waals surface area contributed by atoms with Gasteiger partial charge >= 0.3 is 0 Å². The van der Waals surface area contributed by atoms with Crippen LogP contribution in [0.15, 0.2) is 24.3 Å². The molecule has 0 aliphatic heterocycles. The molecule has 2 rings (SSSR count). The molecule has 4 heteroatoms. The molecule has 0 heterocycles. The van der Waals surface area contributed by atoms with Gasteiger partial charge in [0, 0.05) is 0 Å². The molecule has 4 N–H and O–H groups in total. The first-order valence-corrected chi connectivity index (χ1v) is 5.67. The van der Waals surface area contributed by atoms with Crippen LogP contribution in [0.1, 0.15) is 30.7 Å². The normalized spacial score (nSPS) is 29.2. The number of amides is 1. The molecule has 1 aromatic carbocycles. The fraction of sp³-hybridized carbons (Fsp3) is 0.417. The van der Waals surface area contributed by atoms with Gasteiger partial charge in [-0.1, -0.05) is 29.7 Å². The number of carbonyl (C=O) groups is 1. The number of hydrogen-bond acceptors (Lipinski definition) is 2. The standard InChI is InChI=1S/C12H17BN2O/c13-10-3-1-8(2-4-10)9-5-6-12(15,7-9)11(14)16/h1-4,9H,5-7,13,15H2,(H2,14,16)/t9-,12-/m0/s1. The minimum Gasteiger partial charge on any atom is -0.368 e. The van der Waals surface area contributed by atoms with Gasteiger partial charge in [-0.2, -0.15) is 0 Å². The largest absolute Gasteiger partial charge is 0.368 e. The topological polar surface area (TPSA) is 69.1 Å². The van der Waals surface area contributed by atoms with Crippen molar-refractivity contribution in [2.24, 2.45) is 11.5 Å². The van der Waals surface area contributed by atoms with Gasteiger partial charge in [0.15, 0.2) is 0 Å². The highest BCUT2D eigenvalue weighted by molar-refractivity contribution is 6.32. The third kappa shape index (κ3) is 1.98. The lowest BCUT2D eigenvalue weighted by molar-refractivity contribution is -0.122. The Morgan fingerprint density at radius 2 is 2.00 bits per heavy atom. The summed E-state index contributed by atoms with van der Waals surface area (Å²) in [6, 6.07) is 8.42. The monoisotopic (exact) mass is 216 g/mol. The summed E-state index contributed by atoms with van der Waals surface area (Å²) in [6.45, 7) is 0. The number of hydrogen-bond donors (Lipinski definition) is 2. The maximum absolute atomic E-state index is 11.3. The predicted molar refractivity (Wildman–Crippen MR) is 67.3 cm³/mol. The van der Waals surface area contributed by atoms with Crippen LogP contribution in [0.3, 0.4) is 0 Å². The summed E-state index contributed by atoms with van der Waals surface area (Å²) in [5.41, 5.74) is 13.0. The summed E-state index contributed by atoms with van der Waals surface area (Å²) < 4.78 is 0. The van der Waals surface area contributed by atoms with Crippen LogP contribution in [0.5, 0.6) is 0 Å². The second kappa shape index (κ2) is 3.94. The summed E-state index contributed by atoms with van der Waals surface area (Å²) in [7, 11) is 2.06. The van der Waals surface area contributed by atoms with Crippen molar-refractivity contribution in [2.45, 2.75) is 30.7 Å². The Morgan fingerprint density at radius 1 is 1.38 bits per heavy atom. The third-order valence-electron chi connectivity index (χ3n) is 3.59. The zero-order chi connectivity index (χ0) is 11.8. The van der Waals surface area contributed by atoms with Gasteiger partial charge in [0.1, 0.15) is 7.85 Å². The van der Waals surface area contributed by atoms with Gasteiger partial charge in [-0.15, -0.1) is 0 Å². The zero-order valence-electron chi connectivity index (χ0n) is 9.57. The molecule has 84 valence electrons. The van der Waals surface area contributed by atoms with E-state index in [9.17, 15) is 4.79 Å². The Balaban J connectivity index is 2.15. The second-order valence-corrected chi connectivity index (χ2v) is 4.87. The highest BCUT2D eigenvalue weighted by Crippen LogP contribution is 2.39. The zero-order valence-corrected chi connectivity index (χ0v) is 9.57. The molecule has 16 heavy (non-hydrogen) atoms. The smallest absolute Gasteiger partial charge is 0.237 e.